The maximum absolute atomic E-state index is 13.5. The Balaban J connectivity index is 1.45. The van der Waals surface area contributed by atoms with Gasteiger partial charge >= 0.3 is 0 Å². The Hall–Kier alpha value is -3.26. The normalized spacial score (nSPS) is 14.8. The number of hydrogen-bond donors (Lipinski definition) is 2. The summed E-state index contributed by atoms with van der Waals surface area (Å²) in [6, 6.07) is 17.8. The predicted molar refractivity (Wildman–Crippen MR) is 130 cm³/mol. The Morgan fingerprint density at radius 3 is 2.39 bits per heavy atom. The molecule has 2 aromatic carbocycles. The summed E-state index contributed by atoms with van der Waals surface area (Å²) in [6.07, 6.45) is 5.54. The number of halogens is 1. The van der Waals surface area contributed by atoms with Gasteiger partial charge in [-0.2, -0.15) is 9.97 Å². The minimum atomic E-state index is -0.224. The van der Waals surface area contributed by atoms with Crippen LogP contribution in [-0.2, 0) is 5.41 Å². The average molecular weight is 467 g/mol. The first-order valence-corrected chi connectivity index (χ1v) is 11.4. The first-order valence-electron chi connectivity index (χ1n) is 11.0. The maximum Gasteiger partial charge on any atom is 0.235 e. The molecular weight excluding hydrogens is 439 g/mol. The van der Waals surface area contributed by atoms with Crippen LogP contribution in [0.2, 0.25) is 0 Å². The van der Waals surface area contributed by atoms with Crippen LogP contribution in [0.15, 0.2) is 60.7 Å². The second-order valence-electron chi connectivity index (χ2n) is 8.14. The molecule has 0 saturated heterocycles. The van der Waals surface area contributed by atoms with Crippen molar-refractivity contribution in [1.29, 1.82) is 0 Å². The van der Waals surface area contributed by atoms with Crippen LogP contribution in [0, 0.1) is 5.82 Å². The van der Waals surface area contributed by atoms with Gasteiger partial charge in [-0.3, -0.25) is 0 Å². The SMILES string of the molecule is COc1cc(Oc2ccccc2)nc(NC(=S)NCC2(c3ccc(F)cc3)CCCCC2)n1. The molecule has 3 aromatic rings. The van der Waals surface area contributed by atoms with E-state index in [1.54, 1.807) is 6.07 Å². The maximum atomic E-state index is 13.5. The van der Waals surface area contributed by atoms with E-state index in [1.165, 1.54) is 25.7 Å². The van der Waals surface area contributed by atoms with Crippen LogP contribution in [0.5, 0.6) is 17.5 Å². The number of aromatic nitrogens is 2. The summed E-state index contributed by atoms with van der Waals surface area (Å²) in [5.74, 6) is 1.41. The zero-order valence-corrected chi connectivity index (χ0v) is 19.3. The molecule has 1 heterocycles. The van der Waals surface area contributed by atoms with Crippen LogP contribution < -0.4 is 20.1 Å². The summed E-state index contributed by atoms with van der Waals surface area (Å²) in [5, 5.41) is 6.77. The number of nitrogens with zero attached hydrogens (tertiary/aromatic N) is 2. The van der Waals surface area contributed by atoms with Gasteiger partial charge in [-0.25, -0.2) is 4.39 Å². The molecule has 172 valence electrons. The van der Waals surface area contributed by atoms with E-state index in [2.05, 4.69) is 20.6 Å². The van der Waals surface area contributed by atoms with E-state index < -0.39 is 0 Å². The van der Waals surface area contributed by atoms with Crippen LogP contribution in [0.4, 0.5) is 10.3 Å². The number of nitrogens with one attached hydrogen (secondary N) is 2. The summed E-state index contributed by atoms with van der Waals surface area (Å²) in [4.78, 5) is 8.72. The smallest absolute Gasteiger partial charge is 0.235 e. The van der Waals surface area contributed by atoms with E-state index in [0.717, 1.165) is 31.2 Å². The number of para-hydroxylation sites is 1. The van der Waals surface area contributed by atoms with Gasteiger partial charge in [0.15, 0.2) is 5.11 Å². The molecule has 1 saturated carbocycles. The molecule has 0 atom stereocenters. The summed E-state index contributed by atoms with van der Waals surface area (Å²) in [5.41, 5.74) is 1.05. The number of rotatable bonds is 7. The van der Waals surface area contributed by atoms with Gasteiger partial charge in [-0.05, 0) is 54.9 Å². The molecule has 0 bridgehead atoms. The molecule has 0 spiro atoms. The number of hydrogen-bond acceptors (Lipinski definition) is 5. The summed E-state index contributed by atoms with van der Waals surface area (Å²) >= 11 is 5.53. The zero-order valence-electron chi connectivity index (χ0n) is 18.5. The van der Waals surface area contributed by atoms with Gasteiger partial charge in [-0.1, -0.05) is 49.6 Å². The Morgan fingerprint density at radius 1 is 1.00 bits per heavy atom. The minimum absolute atomic E-state index is 0.0888. The van der Waals surface area contributed by atoms with Crippen LogP contribution >= 0.6 is 12.2 Å². The molecule has 0 radical (unpaired) electrons. The van der Waals surface area contributed by atoms with Gasteiger partial charge in [0.05, 0.1) is 13.2 Å². The van der Waals surface area contributed by atoms with Crippen LogP contribution in [0.25, 0.3) is 0 Å². The van der Waals surface area contributed by atoms with Gasteiger partial charge in [0.25, 0.3) is 0 Å². The van der Waals surface area contributed by atoms with Crippen LogP contribution in [0.1, 0.15) is 37.7 Å². The van der Waals surface area contributed by atoms with E-state index >= 15 is 0 Å². The number of anilines is 1. The van der Waals surface area contributed by atoms with E-state index in [1.807, 2.05) is 42.5 Å². The molecule has 6 nitrogen and oxygen atoms in total. The van der Waals surface area contributed by atoms with Crippen molar-refractivity contribution in [3.05, 3.63) is 72.0 Å². The number of ether oxygens (including phenoxy) is 2. The molecule has 33 heavy (non-hydrogen) atoms. The van der Waals surface area contributed by atoms with E-state index in [0.29, 0.717) is 29.2 Å². The monoisotopic (exact) mass is 466 g/mol. The van der Waals surface area contributed by atoms with Crippen molar-refractivity contribution < 1.29 is 13.9 Å². The summed E-state index contributed by atoms with van der Waals surface area (Å²) in [6.45, 7) is 0.641. The molecule has 0 aliphatic heterocycles. The Kier molecular flexibility index (Phi) is 7.34. The highest BCUT2D eigenvalue weighted by molar-refractivity contribution is 7.80. The Bertz CT molecular complexity index is 1070. The summed E-state index contributed by atoms with van der Waals surface area (Å²) < 4.78 is 24.6. The van der Waals surface area contributed by atoms with Crippen molar-refractivity contribution in [3.63, 3.8) is 0 Å². The highest BCUT2D eigenvalue weighted by Gasteiger charge is 2.34. The van der Waals surface area contributed by atoms with Gasteiger partial charge < -0.3 is 20.1 Å². The fourth-order valence-corrected chi connectivity index (χ4v) is 4.38. The molecule has 0 amide bonds. The second-order valence-corrected chi connectivity index (χ2v) is 8.55. The Morgan fingerprint density at radius 2 is 1.70 bits per heavy atom. The van der Waals surface area contributed by atoms with Crippen molar-refractivity contribution in [2.45, 2.75) is 37.5 Å². The van der Waals surface area contributed by atoms with Crippen LogP contribution in [0.3, 0.4) is 0 Å². The molecular formula is C25H27FN4O2S. The average Bonchev–Trinajstić information content (AvgIpc) is 2.84. The molecule has 1 aromatic heterocycles. The molecule has 1 fully saturated rings. The van der Waals surface area contributed by atoms with Crippen molar-refractivity contribution >= 4 is 23.3 Å². The molecule has 1 aliphatic carbocycles. The van der Waals surface area contributed by atoms with Gasteiger partial charge in [0.2, 0.25) is 17.7 Å². The lowest BCUT2D eigenvalue weighted by atomic mass is 9.69. The van der Waals surface area contributed by atoms with Crippen molar-refractivity contribution in [2.75, 3.05) is 19.0 Å². The quantitative estimate of drug-likeness (QED) is 0.439. The first kappa shape index (κ1) is 22.9. The van der Waals surface area contributed by atoms with Gasteiger partial charge in [0, 0.05) is 12.0 Å². The minimum Gasteiger partial charge on any atom is -0.481 e. The van der Waals surface area contributed by atoms with E-state index in [9.17, 15) is 4.39 Å². The standard InChI is InChI=1S/C25H27FN4O2S/c1-31-21-16-22(32-20-8-4-2-5-9-20)29-23(28-21)30-24(33)27-17-25(14-6-3-7-15-25)18-10-12-19(26)13-11-18/h2,4-5,8-13,16H,3,6-7,14-15,17H2,1H3,(H2,27,28,29,30,33). The topological polar surface area (TPSA) is 68.3 Å². The second kappa shape index (κ2) is 10.6. The lowest BCUT2D eigenvalue weighted by Crippen LogP contribution is -2.43. The lowest BCUT2D eigenvalue weighted by Gasteiger charge is -2.38. The molecule has 8 heteroatoms. The zero-order chi connectivity index (χ0) is 23.1. The van der Waals surface area contributed by atoms with Gasteiger partial charge in [-0.15, -0.1) is 0 Å². The third-order valence-corrected chi connectivity index (χ3v) is 6.18. The lowest BCUT2D eigenvalue weighted by molar-refractivity contribution is 0.292. The molecule has 1 aliphatic rings. The highest BCUT2D eigenvalue weighted by Crippen LogP contribution is 2.39. The molecule has 0 unspecified atom stereocenters. The predicted octanol–water partition coefficient (Wildman–Crippen LogP) is 5.61. The fraction of sp³-hybridized carbons (Fsp3) is 0.320. The molecule has 2 N–H and O–H groups in total. The number of methoxy groups -OCH3 is 1. The third kappa shape index (κ3) is 5.96. The van der Waals surface area contributed by atoms with Crippen LogP contribution in [-0.4, -0.2) is 28.7 Å². The third-order valence-electron chi connectivity index (χ3n) is 5.93. The van der Waals surface area contributed by atoms with E-state index in [-0.39, 0.29) is 17.2 Å². The highest BCUT2D eigenvalue weighted by atomic mass is 32.1. The number of thiocarbonyl (C=S) groups is 1. The fourth-order valence-electron chi connectivity index (χ4n) is 4.22. The molecule has 4 rings (SSSR count). The van der Waals surface area contributed by atoms with Crippen molar-refractivity contribution in [1.82, 2.24) is 15.3 Å². The van der Waals surface area contributed by atoms with Crippen molar-refractivity contribution in [3.8, 4) is 17.5 Å². The summed E-state index contributed by atoms with van der Waals surface area (Å²) in [7, 11) is 1.53. The Labute approximate surface area is 198 Å². The number of benzene rings is 2. The first-order chi connectivity index (χ1) is 16.1. The van der Waals surface area contributed by atoms with E-state index in [4.69, 9.17) is 21.7 Å². The van der Waals surface area contributed by atoms with Gasteiger partial charge in [0.1, 0.15) is 11.6 Å². The largest absolute Gasteiger partial charge is 0.481 e. The van der Waals surface area contributed by atoms with Crippen molar-refractivity contribution in [2.24, 2.45) is 0 Å².